The zero-order chi connectivity index (χ0) is 10.3. The first-order valence-corrected chi connectivity index (χ1v) is 4.69. The van der Waals surface area contributed by atoms with Crippen LogP contribution < -0.4 is 0 Å². The van der Waals surface area contributed by atoms with Gasteiger partial charge in [-0.05, 0) is 32.1 Å². The molecule has 4 nitrogen and oxygen atoms in total. The van der Waals surface area contributed by atoms with E-state index in [9.17, 15) is 0 Å². The number of nitrogens with one attached hydrogen (secondary N) is 1. The van der Waals surface area contributed by atoms with E-state index in [1.54, 1.807) is 0 Å². The van der Waals surface area contributed by atoms with Gasteiger partial charge in [0.2, 0.25) is 0 Å². The summed E-state index contributed by atoms with van der Waals surface area (Å²) in [7, 11) is 1.88. The van der Waals surface area contributed by atoms with Crippen molar-refractivity contribution in [2.75, 3.05) is 0 Å². The Kier molecular flexibility index (Phi) is 2.03. The Hall–Kier alpha value is -1.36. The molecule has 0 bridgehead atoms. The Balaban J connectivity index is 2.65. The Bertz CT molecular complexity index is 520. The lowest BCUT2D eigenvalue weighted by molar-refractivity contribution is 0.505. The molecule has 2 aromatic heterocycles. The predicted octanol–water partition coefficient (Wildman–Crippen LogP) is 2.35. The molecule has 0 spiro atoms. The highest BCUT2D eigenvalue weighted by Crippen LogP contribution is 2.24. The van der Waals surface area contributed by atoms with Gasteiger partial charge in [-0.15, -0.1) is 0 Å². The first-order valence-electron chi connectivity index (χ1n) is 4.28. The Morgan fingerprint density at radius 3 is 2.64 bits per heavy atom. The lowest BCUT2D eigenvalue weighted by Crippen LogP contribution is -1.92. The molecular weight excluding hydrogens is 198 g/mol. The Labute approximate surface area is 86.6 Å². The molecule has 0 amide bonds. The number of aromatic nitrogens is 3. The summed E-state index contributed by atoms with van der Waals surface area (Å²) in [5, 5.41) is 6.89. The van der Waals surface area contributed by atoms with Gasteiger partial charge in [0.25, 0.3) is 0 Å². The monoisotopic (exact) mass is 209 g/mol. The molecule has 0 saturated heterocycles. The average Bonchev–Trinajstić information content (AvgIpc) is 2.59. The van der Waals surface area contributed by atoms with Crippen molar-refractivity contribution in [1.29, 1.82) is 0 Å². The van der Waals surface area contributed by atoms with E-state index in [2.05, 4.69) is 10.2 Å². The van der Waals surface area contributed by atoms with Gasteiger partial charge >= 0.3 is 0 Å². The van der Waals surface area contributed by atoms with Gasteiger partial charge in [-0.3, -0.25) is 5.10 Å². The highest BCUT2D eigenvalue weighted by molar-refractivity contribution is 7.71. The summed E-state index contributed by atoms with van der Waals surface area (Å²) in [5.41, 5.74) is 0.984. The van der Waals surface area contributed by atoms with Gasteiger partial charge in [0.05, 0.1) is 5.56 Å². The van der Waals surface area contributed by atoms with Crippen molar-refractivity contribution in [2.45, 2.75) is 13.8 Å². The molecule has 0 aromatic carbocycles. The average molecular weight is 209 g/mol. The minimum Gasteiger partial charge on any atom is -0.466 e. The number of H-pyrrole nitrogens is 1. The van der Waals surface area contributed by atoms with Gasteiger partial charge in [0, 0.05) is 7.05 Å². The normalized spacial score (nSPS) is 10.8. The van der Waals surface area contributed by atoms with Crippen molar-refractivity contribution in [3.63, 3.8) is 0 Å². The van der Waals surface area contributed by atoms with Gasteiger partial charge in [0.15, 0.2) is 10.6 Å². The molecule has 2 heterocycles. The standard InChI is InChI=1S/C9H11N3OS/c1-5-4-7(6(2)13-5)8-10-11-9(14)12(8)3/h4H,1-3H3,(H,11,14). The Morgan fingerprint density at radius 2 is 2.21 bits per heavy atom. The number of rotatable bonds is 1. The molecule has 0 fully saturated rings. The molecule has 0 aliphatic rings. The fourth-order valence-corrected chi connectivity index (χ4v) is 1.57. The summed E-state index contributed by atoms with van der Waals surface area (Å²) in [6, 6.07) is 1.96. The zero-order valence-electron chi connectivity index (χ0n) is 8.29. The molecule has 2 aromatic rings. The number of aryl methyl sites for hydroxylation is 2. The second-order valence-corrected chi connectivity index (χ2v) is 3.62. The maximum absolute atomic E-state index is 5.43. The highest BCUT2D eigenvalue weighted by Gasteiger charge is 2.12. The van der Waals surface area contributed by atoms with E-state index in [-0.39, 0.29) is 0 Å². The molecule has 5 heteroatoms. The molecule has 0 aliphatic carbocycles. The van der Waals surface area contributed by atoms with Crippen LogP contribution in [0.3, 0.4) is 0 Å². The van der Waals surface area contributed by atoms with E-state index in [1.807, 2.05) is 31.5 Å². The SMILES string of the molecule is Cc1cc(-c2n[nH]c(=S)n2C)c(C)o1. The molecule has 0 saturated carbocycles. The van der Waals surface area contributed by atoms with Crippen molar-refractivity contribution < 1.29 is 4.42 Å². The van der Waals surface area contributed by atoms with Crippen LogP contribution in [0.2, 0.25) is 0 Å². The van der Waals surface area contributed by atoms with Gasteiger partial charge in [-0.1, -0.05) is 0 Å². The van der Waals surface area contributed by atoms with Gasteiger partial charge in [-0.2, -0.15) is 5.10 Å². The van der Waals surface area contributed by atoms with Crippen molar-refractivity contribution in [3.05, 3.63) is 22.4 Å². The van der Waals surface area contributed by atoms with Crippen LogP contribution in [0.1, 0.15) is 11.5 Å². The number of furan rings is 1. The van der Waals surface area contributed by atoms with Crippen LogP contribution in [0.5, 0.6) is 0 Å². The summed E-state index contributed by atoms with van der Waals surface area (Å²) in [4.78, 5) is 0. The number of aromatic amines is 1. The third-order valence-electron chi connectivity index (χ3n) is 2.16. The second-order valence-electron chi connectivity index (χ2n) is 3.24. The van der Waals surface area contributed by atoms with E-state index in [1.165, 1.54) is 0 Å². The van der Waals surface area contributed by atoms with E-state index in [0.29, 0.717) is 4.77 Å². The van der Waals surface area contributed by atoms with Crippen molar-refractivity contribution in [1.82, 2.24) is 14.8 Å². The predicted molar refractivity (Wildman–Crippen MR) is 55.6 cm³/mol. The number of nitrogens with zero attached hydrogens (tertiary/aromatic N) is 2. The van der Waals surface area contributed by atoms with E-state index in [0.717, 1.165) is 22.9 Å². The van der Waals surface area contributed by atoms with Gasteiger partial charge < -0.3 is 8.98 Å². The molecule has 0 radical (unpaired) electrons. The fourth-order valence-electron chi connectivity index (χ4n) is 1.44. The molecule has 14 heavy (non-hydrogen) atoms. The molecule has 74 valence electrons. The summed E-state index contributed by atoms with van der Waals surface area (Å²) in [5.74, 6) is 2.55. The summed E-state index contributed by atoms with van der Waals surface area (Å²) >= 11 is 5.04. The lowest BCUT2D eigenvalue weighted by atomic mass is 10.2. The van der Waals surface area contributed by atoms with Crippen LogP contribution in [0, 0.1) is 18.6 Å². The molecule has 0 unspecified atom stereocenters. The second kappa shape index (κ2) is 3.09. The third kappa shape index (κ3) is 1.29. The van der Waals surface area contributed by atoms with Crippen LogP contribution in [-0.4, -0.2) is 14.8 Å². The summed E-state index contributed by atoms with van der Waals surface area (Å²) in [6.45, 7) is 3.83. The van der Waals surface area contributed by atoms with Crippen LogP contribution in [0.25, 0.3) is 11.4 Å². The van der Waals surface area contributed by atoms with E-state index in [4.69, 9.17) is 16.6 Å². The first kappa shape index (κ1) is 9.21. The van der Waals surface area contributed by atoms with E-state index < -0.39 is 0 Å². The molecule has 1 N–H and O–H groups in total. The van der Waals surface area contributed by atoms with Crippen LogP contribution in [0.15, 0.2) is 10.5 Å². The maximum atomic E-state index is 5.43. The van der Waals surface area contributed by atoms with Crippen LogP contribution >= 0.6 is 12.2 Å². The van der Waals surface area contributed by atoms with Crippen molar-refractivity contribution in [2.24, 2.45) is 7.05 Å². The van der Waals surface area contributed by atoms with Crippen molar-refractivity contribution >= 4 is 12.2 Å². The highest BCUT2D eigenvalue weighted by atomic mass is 32.1. The van der Waals surface area contributed by atoms with Crippen LogP contribution in [0.4, 0.5) is 0 Å². The van der Waals surface area contributed by atoms with Gasteiger partial charge in [-0.25, -0.2) is 0 Å². The molecule has 2 rings (SSSR count). The van der Waals surface area contributed by atoms with E-state index >= 15 is 0 Å². The smallest absolute Gasteiger partial charge is 0.195 e. The maximum Gasteiger partial charge on any atom is 0.195 e. The quantitative estimate of drug-likeness (QED) is 0.733. The summed E-state index contributed by atoms with van der Waals surface area (Å²) in [6.07, 6.45) is 0. The minimum absolute atomic E-state index is 0.609. The molecular formula is C9H11N3OS. The van der Waals surface area contributed by atoms with Crippen LogP contribution in [-0.2, 0) is 7.05 Å². The summed E-state index contributed by atoms with van der Waals surface area (Å²) < 4.78 is 7.87. The van der Waals surface area contributed by atoms with Crippen molar-refractivity contribution in [3.8, 4) is 11.4 Å². The zero-order valence-corrected chi connectivity index (χ0v) is 9.10. The topological polar surface area (TPSA) is 46.8 Å². The number of hydrogen-bond acceptors (Lipinski definition) is 3. The Morgan fingerprint density at radius 1 is 1.50 bits per heavy atom. The minimum atomic E-state index is 0.609. The first-order chi connectivity index (χ1) is 6.59. The molecule has 0 atom stereocenters. The third-order valence-corrected chi connectivity index (χ3v) is 2.53. The largest absolute Gasteiger partial charge is 0.466 e. The van der Waals surface area contributed by atoms with Gasteiger partial charge in [0.1, 0.15) is 11.5 Å². The number of hydrogen-bond donors (Lipinski definition) is 1. The lowest BCUT2D eigenvalue weighted by Gasteiger charge is -1.96. The molecule has 0 aliphatic heterocycles. The fraction of sp³-hybridized carbons (Fsp3) is 0.333.